The van der Waals surface area contributed by atoms with Crippen LogP contribution in [0.5, 0.6) is 5.75 Å². The van der Waals surface area contributed by atoms with Crippen molar-refractivity contribution in [2.24, 2.45) is 5.73 Å². The number of methoxy groups -OCH3 is 1. The first-order valence-electron chi connectivity index (χ1n) is 15.7. The Hall–Kier alpha value is -6.46. The molecular weight excluding hydrogens is 634 g/mol. The molecule has 0 bridgehead atoms. The summed E-state index contributed by atoms with van der Waals surface area (Å²) < 4.78 is 11.7. The highest BCUT2D eigenvalue weighted by Gasteiger charge is 2.29. The summed E-state index contributed by atoms with van der Waals surface area (Å²) in [4.78, 5) is 40.0. The van der Waals surface area contributed by atoms with E-state index in [1.165, 1.54) is 7.11 Å². The first-order valence-corrected chi connectivity index (χ1v) is 15.7. The minimum absolute atomic E-state index is 0.116. The highest BCUT2D eigenvalue weighted by molar-refractivity contribution is 5.97. The van der Waals surface area contributed by atoms with Crippen molar-refractivity contribution in [3.63, 3.8) is 0 Å². The molecule has 5 aromatic carbocycles. The van der Waals surface area contributed by atoms with Gasteiger partial charge in [-0.25, -0.2) is 4.79 Å². The molecule has 0 radical (unpaired) electrons. The van der Waals surface area contributed by atoms with Crippen molar-refractivity contribution in [1.29, 1.82) is 5.41 Å². The van der Waals surface area contributed by atoms with Crippen molar-refractivity contribution >= 4 is 35.0 Å². The molecule has 0 aliphatic rings. The van der Waals surface area contributed by atoms with Crippen molar-refractivity contribution < 1.29 is 29.0 Å². The molecule has 2 unspecified atom stereocenters. The number of carbonyl (C=O) groups excluding carboxylic acids is 2. The van der Waals surface area contributed by atoms with Gasteiger partial charge in [-0.1, -0.05) is 97.1 Å². The van der Waals surface area contributed by atoms with Gasteiger partial charge in [0.2, 0.25) is 5.91 Å². The van der Waals surface area contributed by atoms with Gasteiger partial charge in [0, 0.05) is 18.4 Å². The predicted molar refractivity (Wildman–Crippen MR) is 191 cm³/mol. The molecule has 3 atom stereocenters. The number of carboxylic acids is 1. The van der Waals surface area contributed by atoms with Gasteiger partial charge >= 0.3 is 5.97 Å². The molecule has 5 rings (SSSR count). The summed E-state index contributed by atoms with van der Waals surface area (Å²) in [6.45, 7) is 0.206. The highest BCUT2D eigenvalue weighted by atomic mass is 16.5. The number of ether oxygens (including phenoxy) is 2. The topological polar surface area (TPSA) is 176 Å². The second-order valence-corrected chi connectivity index (χ2v) is 11.3. The quantitative estimate of drug-likeness (QED) is 0.0583. The fourth-order valence-corrected chi connectivity index (χ4v) is 5.28. The summed E-state index contributed by atoms with van der Waals surface area (Å²) in [5, 5.41) is 26.5. The zero-order chi connectivity index (χ0) is 35.5. The molecule has 5 aromatic rings. The molecular formula is C39H37N5O6. The number of hydrogen-bond donors (Lipinski definition) is 6. The van der Waals surface area contributed by atoms with Crippen molar-refractivity contribution in [3.05, 3.63) is 161 Å². The zero-order valence-electron chi connectivity index (χ0n) is 27.2. The Bertz CT molecular complexity index is 1920. The number of rotatable bonds is 15. The molecule has 0 aliphatic heterocycles. The maximum absolute atomic E-state index is 14.1. The zero-order valence-corrected chi connectivity index (χ0v) is 27.2. The van der Waals surface area contributed by atoms with Crippen molar-refractivity contribution in [1.82, 2.24) is 5.32 Å². The van der Waals surface area contributed by atoms with Crippen molar-refractivity contribution in [2.75, 3.05) is 17.7 Å². The normalized spacial score (nSPS) is 12.5. The van der Waals surface area contributed by atoms with Crippen LogP contribution < -0.4 is 26.4 Å². The van der Waals surface area contributed by atoms with Crippen LogP contribution in [0, 0.1) is 5.41 Å². The Labute approximate surface area is 289 Å². The maximum Gasteiger partial charge on any atom is 0.330 e. The van der Waals surface area contributed by atoms with E-state index in [1.807, 2.05) is 36.4 Å². The molecule has 11 nitrogen and oxygen atoms in total. The minimum Gasteiger partial charge on any atom is -0.487 e. The van der Waals surface area contributed by atoms with Crippen molar-refractivity contribution in [3.8, 4) is 5.75 Å². The Morgan fingerprint density at radius 3 is 1.92 bits per heavy atom. The fourth-order valence-electron chi connectivity index (χ4n) is 5.28. The van der Waals surface area contributed by atoms with Gasteiger partial charge in [-0.15, -0.1) is 0 Å². The minimum atomic E-state index is -1.34. The molecule has 0 fully saturated rings. The Morgan fingerprint density at radius 2 is 1.34 bits per heavy atom. The number of aliphatic carboxylic acids is 1. The number of amidine groups is 1. The summed E-state index contributed by atoms with van der Waals surface area (Å²) >= 11 is 0. The number of carboxylic acid groups (broad SMARTS) is 1. The van der Waals surface area contributed by atoms with E-state index in [2.05, 4.69) is 16.0 Å². The monoisotopic (exact) mass is 671 g/mol. The number of nitrogen functional groups attached to an aromatic ring is 1. The number of nitrogens with one attached hydrogen (secondary N) is 4. The standard InChI is InChI=1S/C39H37N5O6/c1-49-35(27-15-9-4-10-16-27)38(46)43-31-23-29(19-22-32(31)50-24-25-11-5-2-6-12-25)33(42-30-20-17-28(18-21-30)36(40)41)37(45)44-34(39(47)48)26-13-7-3-8-14-26/h2-23,33-35,42H,24H2,1H3,(H3,40,41)(H,43,46)(H,44,45)(H,47,48)/t33?,34-,35?/m0/s1. The number of carbonyl (C=O) groups is 3. The van der Waals surface area contributed by atoms with Crippen LogP contribution in [-0.2, 0) is 25.7 Å². The summed E-state index contributed by atoms with van der Waals surface area (Å²) in [6.07, 6.45) is -0.943. The summed E-state index contributed by atoms with van der Waals surface area (Å²) in [7, 11) is 1.44. The molecule has 0 saturated heterocycles. The van der Waals surface area contributed by atoms with Crippen LogP contribution in [0.15, 0.2) is 133 Å². The third-order valence-corrected chi connectivity index (χ3v) is 7.84. The second-order valence-electron chi connectivity index (χ2n) is 11.3. The number of hydrogen-bond acceptors (Lipinski definition) is 7. The van der Waals surface area contributed by atoms with Gasteiger partial charge in [0.15, 0.2) is 12.1 Å². The van der Waals surface area contributed by atoms with E-state index >= 15 is 0 Å². The largest absolute Gasteiger partial charge is 0.487 e. The maximum atomic E-state index is 14.1. The fraction of sp³-hybridized carbons (Fsp3) is 0.128. The third-order valence-electron chi connectivity index (χ3n) is 7.84. The second kappa shape index (κ2) is 16.6. The van der Waals surface area contributed by atoms with Crippen LogP contribution in [0.2, 0.25) is 0 Å². The van der Waals surface area contributed by atoms with E-state index in [0.29, 0.717) is 33.7 Å². The number of nitrogens with two attached hydrogens (primary N) is 1. The first kappa shape index (κ1) is 34.9. The lowest BCUT2D eigenvalue weighted by atomic mass is 10.0. The van der Waals surface area contributed by atoms with Gasteiger partial charge in [-0.2, -0.15) is 0 Å². The SMILES string of the molecule is COC(C(=O)Nc1cc(C(Nc2ccc(C(=N)N)cc2)C(=O)N[C@H](C(=O)O)c2ccccc2)ccc1OCc1ccccc1)c1ccccc1. The molecule has 2 amide bonds. The van der Waals surface area contributed by atoms with E-state index < -0.39 is 36.0 Å². The average molecular weight is 672 g/mol. The summed E-state index contributed by atoms with van der Waals surface area (Å²) in [6, 6.07) is 35.9. The highest BCUT2D eigenvalue weighted by Crippen LogP contribution is 2.33. The average Bonchev–Trinajstić information content (AvgIpc) is 3.14. The molecule has 0 spiro atoms. The molecule has 11 heteroatoms. The number of amides is 2. The number of benzene rings is 5. The lowest BCUT2D eigenvalue weighted by Gasteiger charge is -2.24. The lowest BCUT2D eigenvalue weighted by molar-refractivity contribution is -0.142. The van der Waals surface area contributed by atoms with Crippen LogP contribution in [0.1, 0.15) is 46.0 Å². The Balaban J connectivity index is 1.53. The molecule has 50 heavy (non-hydrogen) atoms. The molecule has 254 valence electrons. The van der Waals surface area contributed by atoms with E-state index in [0.717, 1.165) is 5.56 Å². The molecule has 0 saturated carbocycles. The Kier molecular flexibility index (Phi) is 11.6. The lowest BCUT2D eigenvalue weighted by Crippen LogP contribution is -2.39. The van der Waals surface area contributed by atoms with Crippen LogP contribution in [-0.4, -0.2) is 35.8 Å². The van der Waals surface area contributed by atoms with E-state index in [-0.39, 0.29) is 18.1 Å². The van der Waals surface area contributed by atoms with E-state index in [1.54, 1.807) is 97.1 Å². The molecule has 7 N–H and O–H groups in total. The first-order chi connectivity index (χ1) is 24.2. The van der Waals surface area contributed by atoms with Crippen LogP contribution in [0.4, 0.5) is 11.4 Å². The molecule has 0 heterocycles. The van der Waals surface area contributed by atoms with Gasteiger partial charge in [0.1, 0.15) is 24.2 Å². The van der Waals surface area contributed by atoms with Gasteiger partial charge in [-0.3, -0.25) is 15.0 Å². The van der Waals surface area contributed by atoms with E-state index in [4.69, 9.17) is 20.6 Å². The van der Waals surface area contributed by atoms with Gasteiger partial charge in [0.25, 0.3) is 5.91 Å². The molecule has 0 aromatic heterocycles. The third kappa shape index (κ3) is 8.91. The van der Waals surface area contributed by atoms with Crippen molar-refractivity contribution in [2.45, 2.75) is 24.8 Å². The molecule has 0 aliphatic carbocycles. The van der Waals surface area contributed by atoms with Gasteiger partial charge in [-0.05, 0) is 58.7 Å². The predicted octanol–water partition coefficient (Wildman–Crippen LogP) is 5.97. The summed E-state index contributed by atoms with van der Waals surface area (Å²) in [5.41, 5.74) is 9.22. The smallest absolute Gasteiger partial charge is 0.330 e. The van der Waals surface area contributed by atoms with E-state index in [9.17, 15) is 19.5 Å². The van der Waals surface area contributed by atoms with Gasteiger partial charge < -0.3 is 36.3 Å². The number of anilines is 2. The van der Waals surface area contributed by atoms with Crippen LogP contribution >= 0.6 is 0 Å². The van der Waals surface area contributed by atoms with Crippen LogP contribution in [0.3, 0.4) is 0 Å². The van der Waals surface area contributed by atoms with Crippen LogP contribution in [0.25, 0.3) is 0 Å². The van der Waals surface area contributed by atoms with Gasteiger partial charge in [0.05, 0.1) is 5.69 Å². The Morgan fingerprint density at radius 1 is 0.740 bits per heavy atom. The summed E-state index contributed by atoms with van der Waals surface area (Å²) in [5.74, 6) is -2.13.